The van der Waals surface area contributed by atoms with Gasteiger partial charge in [0.1, 0.15) is 5.75 Å². The first-order valence-corrected chi connectivity index (χ1v) is 14.1. The highest BCUT2D eigenvalue weighted by atomic mass is 35.5. The number of carboxylic acids is 2. The summed E-state index contributed by atoms with van der Waals surface area (Å²) < 4.78 is 6.79. The number of halogens is 1. The van der Waals surface area contributed by atoms with Crippen LogP contribution in [0.15, 0.2) is 85.0 Å². The molecule has 9 heteroatoms. The number of carbonyl (C=O) groups is 3. The van der Waals surface area contributed by atoms with Crippen molar-refractivity contribution in [3.8, 4) is 5.75 Å². The molecule has 43 heavy (non-hydrogen) atoms. The number of carbonyl (C=O) groups excluding carboxylic acids is 1. The second-order valence-electron chi connectivity index (χ2n) is 10.1. The Morgan fingerprint density at radius 3 is 2.30 bits per heavy atom. The van der Waals surface area contributed by atoms with Gasteiger partial charge in [-0.15, -0.1) is 0 Å². The van der Waals surface area contributed by atoms with Crippen molar-refractivity contribution in [2.75, 3.05) is 25.1 Å². The molecule has 1 aliphatic rings. The second kappa shape index (κ2) is 13.9. The second-order valence-corrected chi connectivity index (χ2v) is 10.5. The molecule has 0 fully saturated rings. The number of anilines is 1. The van der Waals surface area contributed by atoms with E-state index in [0.29, 0.717) is 32.9 Å². The molecule has 2 heterocycles. The highest BCUT2D eigenvalue weighted by Crippen LogP contribution is 2.31. The molecule has 222 valence electrons. The number of hydrogen-bond acceptors (Lipinski definition) is 5. The van der Waals surface area contributed by atoms with E-state index < -0.39 is 17.9 Å². The third kappa shape index (κ3) is 7.34. The van der Waals surface area contributed by atoms with Gasteiger partial charge in [0.15, 0.2) is 0 Å². The molecule has 8 nitrogen and oxygen atoms in total. The number of rotatable bonds is 8. The summed E-state index contributed by atoms with van der Waals surface area (Å²) in [5.74, 6) is -1.91. The number of aliphatic carboxylic acids is 2. The fourth-order valence-electron chi connectivity index (χ4n) is 4.92. The highest BCUT2D eigenvalue weighted by Gasteiger charge is 2.20. The van der Waals surface area contributed by atoms with Crippen molar-refractivity contribution in [1.82, 2.24) is 4.57 Å². The van der Waals surface area contributed by atoms with Crippen LogP contribution in [-0.2, 0) is 16.0 Å². The van der Waals surface area contributed by atoms with E-state index >= 15 is 0 Å². The Morgan fingerprint density at radius 1 is 1.00 bits per heavy atom. The van der Waals surface area contributed by atoms with Crippen LogP contribution in [0.3, 0.4) is 0 Å². The Labute approximate surface area is 255 Å². The average Bonchev–Trinajstić information content (AvgIpc) is 3.62. The Bertz CT molecular complexity index is 1700. The van der Waals surface area contributed by atoms with E-state index in [0.717, 1.165) is 29.9 Å². The number of hydrogen-bond donors (Lipinski definition) is 2. The molecule has 1 aliphatic heterocycles. The highest BCUT2D eigenvalue weighted by molar-refractivity contribution is 6.33. The third-order valence-electron chi connectivity index (χ3n) is 7.31. The van der Waals surface area contributed by atoms with Gasteiger partial charge in [-0.25, -0.2) is 0 Å². The fourth-order valence-corrected chi connectivity index (χ4v) is 5.23. The van der Waals surface area contributed by atoms with Gasteiger partial charge < -0.3 is 19.8 Å². The summed E-state index contributed by atoms with van der Waals surface area (Å²) in [5, 5.41) is 19.5. The zero-order chi connectivity index (χ0) is 31.1. The van der Waals surface area contributed by atoms with Crippen LogP contribution in [0.2, 0.25) is 5.02 Å². The Balaban J connectivity index is 0.000000215. The maximum absolute atomic E-state index is 12.8. The summed E-state index contributed by atoms with van der Waals surface area (Å²) in [7, 11) is 1.55. The predicted molar refractivity (Wildman–Crippen MR) is 170 cm³/mol. The molecular weight excluding hydrogens is 568 g/mol. The SMILES string of the molecule is CC(C(=O)O)c1ccc(N2CC=CC2)c(Cl)c1.COc1ccc2c(c1)c(CC(=O)O)c(C)n2C(=O)/C=C/c1ccccc1. The maximum Gasteiger partial charge on any atom is 0.310 e. The van der Waals surface area contributed by atoms with E-state index in [9.17, 15) is 19.5 Å². The summed E-state index contributed by atoms with van der Waals surface area (Å²) in [5.41, 5.74) is 4.52. The van der Waals surface area contributed by atoms with E-state index in [1.165, 1.54) is 6.08 Å². The minimum absolute atomic E-state index is 0.155. The first-order valence-electron chi connectivity index (χ1n) is 13.7. The topological polar surface area (TPSA) is 109 Å². The monoisotopic (exact) mass is 600 g/mol. The van der Waals surface area contributed by atoms with Gasteiger partial charge in [-0.05, 0) is 66.9 Å². The van der Waals surface area contributed by atoms with E-state index in [1.54, 1.807) is 55.9 Å². The first-order chi connectivity index (χ1) is 20.6. The molecule has 0 saturated carbocycles. The van der Waals surface area contributed by atoms with E-state index in [1.807, 2.05) is 42.5 Å². The smallest absolute Gasteiger partial charge is 0.310 e. The normalized spacial score (nSPS) is 13.2. The lowest BCUT2D eigenvalue weighted by molar-refractivity contribution is -0.138. The van der Waals surface area contributed by atoms with Gasteiger partial charge in [0.2, 0.25) is 0 Å². The number of aromatic nitrogens is 1. The average molecular weight is 601 g/mol. The molecule has 3 aromatic carbocycles. The number of ether oxygens (including phenoxy) is 1. The summed E-state index contributed by atoms with van der Waals surface area (Å²) in [4.78, 5) is 37.1. The molecule has 1 atom stereocenters. The molecule has 0 amide bonds. The van der Waals surface area contributed by atoms with Crippen molar-refractivity contribution in [1.29, 1.82) is 0 Å². The first kappa shape index (κ1) is 31.1. The van der Waals surface area contributed by atoms with Crippen molar-refractivity contribution < 1.29 is 29.3 Å². The Kier molecular flexibility index (Phi) is 10.1. The predicted octanol–water partition coefficient (Wildman–Crippen LogP) is 6.84. The van der Waals surface area contributed by atoms with Gasteiger partial charge in [0, 0.05) is 30.2 Å². The van der Waals surface area contributed by atoms with Crippen LogP contribution >= 0.6 is 11.6 Å². The number of allylic oxidation sites excluding steroid dienone is 1. The van der Waals surface area contributed by atoms with E-state index in [2.05, 4.69) is 17.1 Å². The van der Waals surface area contributed by atoms with Crippen LogP contribution in [-0.4, -0.2) is 52.8 Å². The van der Waals surface area contributed by atoms with Gasteiger partial charge in [0.25, 0.3) is 5.91 Å². The Morgan fingerprint density at radius 2 is 1.70 bits per heavy atom. The maximum atomic E-state index is 12.8. The summed E-state index contributed by atoms with van der Waals surface area (Å²) in [6, 6.07) is 20.3. The molecule has 2 N–H and O–H groups in total. The molecule has 0 bridgehead atoms. The summed E-state index contributed by atoms with van der Waals surface area (Å²) >= 11 is 6.20. The summed E-state index contributed by atoms with van der Waals surface area (Å²) in [6.07, 6.45) is 7.26. The quantitative estimate of drug-likeness (QED) is 0.168. The van der Waals surface area contributed by atoms with Crippen LogP contribution < -0.4 is 9.64 Å². The minimum atomic E-state index is -0.942. The Hall–Kier alpha value is -4.82. The van der Waals surface area contributed by atoms with Gasteiger partial charge in [-0.2, -0.15) is 0 Å². The molecule has 5 rings (SSSR count). The lowest BCUT2D eigenvalue weighted by atomic mass is 10.0. The number of benzene rings is 3. The van der Waals surface area contributed by atoms with Crippen LogP contribution in [0.4, 0.5) is 5.69 Å². The van der Waals surface area contributed by atoms with Crippen LogP contribution in [0, 0.1) is 6.92 Å². The van der Waals surface area contributed by atoms with Crippen molar-refractivity contribution in [2.24, 2.45) is 0 Å². The molecule has 0 saturated heterocycles. The van der Waals surface area contributed by atoms with Crippen molar-refractivity contribution in [2.45, 2.75) is 26.2 Å². The number of nitrogens with zero attached hydrogens (tertiary/aromatic N) is 2. The lowest BCUT2D eigenvalue weighted by Crippen LogP contribution is -2.19. The molecule has 0 spiro atoms. The fraction of sp³-hybridized carbons (Fsp3) is 0.206. The largest absolute Gasteiger partial charge is 0.497 e. The molecule has 1 unspecified atom stereocenters. The van der Waals surface area contributed by atoms with Crippen molar-refractivity contribution in [3.05, 3.63) is 112 Å². The minimum Gasteiger partial charge on any atom is -0.497 e. The van der Waals surface area contributed by atoms with Crippen LogP contribution in [0.5, 0.6) is 5.75 Å². The van der Waals surface area contributed by atoms with E-state index in [-0.39, 0.29) is 12.3 Å². The number of methoxy groups -OCH3 is 1. The molecule has 0 radical (unpaired) electrons. The molecular formula is C34H33ClN2O6. The van der Waals surface area contributed by atoms with Crippen LogP contribution in [0.25, 0.3) is 17.0 Å². The van der Waals surface area contributed by atoms with Crippen molar-refractivity contribution in [3.63, 3.8) is 0 Å². The molecule has 1 aromatic heterocycles. The number of carboxylic acid groups (broad SMARTS) is 2. The van der Waals surface area contributed by atoms with Gasteiger partial charge >= 0.3 is 11.9 Å². The van der Waals surface area contributed by atoms with Gasteiger partial charge in [0.05, 0.1) is 35.7 Å². The van der Waals surface area contributed by atoms with Gasteiger partial charge in [-0.3, -0.25) is 19.0 Å². The van der Waals surface area contributed by atoms with Crippen LogP contribution in [0.1, 0.15) is 40.0 Å². The molecule has 0 aliphatic carbocycles. The number of fused-ring (bicyclic) bond motifs is 1. The zero-order valence-corrected chi connectivity index (χ0v) is 24.9. The zero-order valence-electron chi connectivity index (χ0n) is 24.2. The molecule has 4 aromatic rings. The van der Waals surface area contributed by atoms with E-state index in [4.69, 9.17) is 21.4 Å². The van der Waals surface area contributed by atoms with Gasteiger partial charge in [-0.1, -0.05) is 60.2 Å². The third-order valence-corrected chi connectivity index (χ3v) is 7.61. The van der Waals surface area contributed by atoms with Crippen molar-refractivity contribution >= 4 is 52.1 Å². The lowest BCUT2D eigenvalue weighted by Gasteiger charge is -2.20. The summed E-state index contributed by atoms with van der Waals surface area (Å²) in [6.45, 7) is 5.13. The standard InChI is InChI=1S/C21H19NO4.C13H14ClNO2/c1-14-17(13-21(24)25)18-12-16(26-2)9-10-19(18)22(14)20(23)11-8-15-6-4-3-5-7-15;1-9(13(16)17)10-4-5-12(11(14)8-10)15-6-2-3-7-15/h3-12H,13H2,1-2H3,(H,24,25);2-5,8-9H,6-7H2,1H3,(H,16,17)/b11-8+;.